The quantitative estimate of drug-likeness (QED) is 0.762. The fourth-order valence-corrected chi connectivity index (χ4v) is 1.25. The first-order valence-electron chi connectivity index (χ1n) is 4.56. The number of carbonyl (C=O) groups is 1. The monoisotopic (exact) mass is 204 g/mol. The minimum atomic E-state index is -0.396. The number of anilines is 1. The zero-order valence-corrected chi connectivity index (χ0v) is 8.47. The van der Waals surface area contributed by atoms with Crippen molar-refractivity contribution in [2.75, 3.05) is 18.0 Å². The second-order valence-corrected chi connectivity index (χ2v) is 2.99. The smallest absolute Gasteiger partial charge is 0.236 e. The van der Waals surface area contributed by atoms with Gasteiger partial charge in [-0.15, -0.1) is 0 Å². The van der Waals surface area contributed by atoms with Crippen LogP contribution in [-0.2, 0) is 4.79 Å². The normalized spacial score (nSPS) is 9.33. The number of rotatable bonds is 4. The van der Waals surface area contributed by atoms with Gasteiger partial charge in [0.2, 0.25) is 5.91 Å². The Hall–Kier alpha value is -2.09. The van der Waals surface area contributed by atoms with Crippen molar-refractivity contribution in [3.63, 3.8) is 0 Å². The molecule has 0 aliphatic heterocycles. The van der Waals surface area contributed by atoms with Crippen molar-refractivity contribution >= 4 is 11.6 Å². The molecule has 1 heterocycles. The molecule has 78 valence electrons. The molecule has 0 bridgehead atoms. The van der Waals surface area contributed by atoms with Crippen LogP contribution in [0.4, 0.5) is 5.69 Å². The van der Waals surface area contributed by atoms with E-state index in [0.29, 0.717) is 12.2 Å². The molecule has 1 aromatic heterocycles. The first-order valence-corrected chi connectivity index (χ1v) is 4.56. The molecule has 0 radical (unpaired) electrons. The number of amides is 1. The Morgan fingerprint density at radius 2 is 2.47 bits per heavy atom. The third-order valence-corrected chi connectivity index (χ3v) is 1.95. The van der Waals surface area contributed by atoms with E-state index in [2.05, 4.69) is 4.98 Å². The van der Waals surface area contributed by atoms with Crippen LogP contribution in [0.2, 0.25) is 0 Å². The van der Waals surface area contributed by atoms with Gasteiger partial charge in [-0.1, -0.05) is 0 Å². The van der Waals surface area contributed by atoms with E-state index in [1.807, 2.05) is 13.0 Å². The number of pyridine rings is 1. The second-order valence-electron chi connectivity index (χ2n) is 2.99. The van der Waals surface area contributed by atoms with E-state index in [1.165, 1.54) is 6.20 Å². The van der Waals surface area contributed by atoms with E-state index in [4.69, 9.17) is 11.0 Å². The van der Waals surface area contributed by atoms with Gasteiger partial charge in [0.1, 0.15) is 11.8 Å². The largest absolute Gasteiger partial charge is 0.368 e. The molecule has 0 aromatic carbocycles. The lowest BCUT2D eigenvalue weighted by atomic mass is 10.3. The SMILES string of the molecule is CCN(CC(N)=O)c1ccnc(C#N)c1. The molecule has 0 saturated carbocycles. The Labute approximate surface area is 88.1 Å². The molecule has 15 heavy (non-hydrogen) atoms. The molecule has 0 spiro atoms. The summed E-state index contributed by atoms with van der Waals surface area (Å²) in [6, 6.07) is 5.32. The van der Waals surface area contributed by atoms with Crippen LogP contribution >= 0.6 is 0 Å². The van der Waals surface area contributed by atoms with E-state index >= 15 is 0 Å². The van der Waals surface area contributed by atoms with Gasteiger partial charge in [-0.25, -0.2) is 4.98 Å². The molecule has 0 saturated heterocycles. The lowest BCUT2D eigenvalue weighted by Crippen LogP contribution is -2.33. The Balaban J connectivity index is 2.92. The molecule has 1 rings (SSSR count). The van der Waals surface area contributed by atoms with Crippen LogP contribution in [0, 0.1) is 11.3 Å². The fraction of sp³-hybridized carbons (Fsp3) is 0.300. The third kappa shape index (κ3) is 2.95. The summed E-state index contributed by atoms with van der Waals surface area (Å²) in [5.74, 6) is -0.396. The van der Waals surface area contributed by atoms with E-state index in [1.54, 1.807) is 17.0 Å². The number of hydrogen-bond acceptors (Lipinski definition) is 4. The fourth-order valence-electron chi connectivity index (χ4n) is 1.25. The number of carbonyl (C=O) groups excluding carboxylic acids is 1. The highest BCUT2D eigenvalue weighted by Gasteiger charge is 2.07. The van der Waals surface area contributed by atoms with Crippen LogP contribution in [0.5, 0.6) is 0 Å². The topological polar surface area (TPSA) is 83.0 Å². The third-order valence-electron chi connectivity index (χ3n) is 1.95. The van der Waals surface area contributed by atoms with Crippen LogP contribution in [0.3, 0.4) is 0 Å². The Kier molecular flexibility index (Phi) is 3.63. The van der Waals surface area contributed by atoms with Gasteiger partial charge in [0.05, 0.1) is 6.54 Å². The zero-order chi connectivity index (χ0) is 11.3. The van der Waals surface area contributed by atoms with Gasteiger partial charge in [-0.2, -0.15) is 5.26 Å². The highest BCUT2D eigenvalue weighted by molar-refractivity contribution is 5.79. The molecule has 0 atom stereocenters. The minimum Gasteiger partial charge on any atom is -0.368 e. The van der Waals surface area contributed by atoms with Crippen molar-refractivity contribution < 1.29 is 4.79 Å². The lowest BCUT2D eigenvalue weighted by molar-refractivity contribution is -0.116. The average Bonchev–Trinajstić information content (AvgIpc) is 2.25. The molecular weight excluding hydrogens is 192 g/mol. The van der Waals surface area contributed by atoms with Crippen molar-refractivity contribution in [2.45, 2.75) is 6.92 Å². The molecule has 1 amide bonds. The average molecular weight is 204 g/mol. The van der Waals surface area contributed by atoms with Crippen molar-refractivity contribution in [3.05, 3.63) is 24.0 Å². The maximum atomic E-state index is 10.8. The molecular formula is C10H12N4O. The summed E-state index contributed by atoms with van der Waals surface area (Å²) in [6.45, 7) is 2.71. The predicted octanol–water partition coefficient (Wildman–Crippen LogP) is 0.265. The van der Waals surface area contributed by atoms with Gasteiger partial charge >= 0.3 is 0 Å². The van der Waals surface area contributed by atoms with E-state index in [9.17, 15) is 4.79 Å². The van der Waals surface area contributed by atoms with Gasteiger partial charge < -0.3 is 10.6 Å². The molecule has 2 N–H and O–H groups in total. The molecule has 5 nitrogen and oxygen atoms in total. The second kappa shape index (κ2) is 4.96. The molecule has 0 aliphatic rings. The number of nitriles is 1. The summed E-state index contributed by atoms with van der Waals surface area (Å²) in [7, 11) is 0. The van der Waals surface area contributed by atoms with Gasteiger partial charge in [-0.3, -0.25) is 4.79 Å². The van der Waals surface area contributed by atoms with Gasteiger partial charge in [0.25, 0.3) is 0 Å². The highest BCUT2D eigenvalue weighted by Crippen LogP contribution is 2.13. The number of primary amides is 1. The molecule has 0 unspecified atom stereocenters. The van der Waals surface area contributed by atoms with Crippen LogP contribution in [-0.4, -0.2) is 24.0 Å². The highest BCUT2D eigenvalue weighted by atomic mass is 16.1. The summed E-state index contributed by atoms with van der Waals surface area (Å²) in [5, 5.41) is 8.68. The maximum absolute atomic E-state index is 10.8. The van der Waals surface area contributed by atoms with E-state index in [0.717, 1.165) is 5.69 Å². The van der Waals surface area contributed by atoms with Crippen LogP contribution in [0.1, 0.15) is 12.6 Å². The summed E-state index contributed by atoms with van der Waals surface area (Å²) in [6.07, 6.45) is 1.54. The number of nitrogens with two attached hydrogens (primary N) is 1. The summed E-state index contributed by atoms with van der Waals surface area (Å²) < 4.78 is 0. The number of hydrogen-bond donors (Lipinski definition) is 1. The molecule has 5 heteroatoms. The minimum absolute atomic E-state index is 0.144. The standard InChI is InChI=1S/C10H12N4O/c1-2-14(7-10(12)15)9-3-4-13-8(5-9)6-11/h3-5H,2,7H2,1H3,(H2,12,15). The molecule has 0 aliphatic carbocycles. The van der Waals surface area contributed by atoms with Crippen molar-refractivity contribution in [3.8, 4) is 6.07 Å². The van der Waals surface area contributed by atoms with Gasteiger partial charge in [0, 0.05) is 18.4 Å². The van der Waals surface area contributed by atoms with Gasteiger partial charge in [0.15, 0.2) is 0 Å². The Morgan fingerprint density at radius 1 is 1.73 bits per heavy atom. The summed E-state index contributed by atoms with van der Waals surface area (Å²) >= 11 is 0. The predicted molar refractivity (Wildman–Crippen MR) is 56.0 cm³/mol. The Morgan fingerprint density at radius 3 is 3.00 bits per heavy atom. The van der Waals surface area contributed by atoms with Crippen molar-refractivity contribution in [2.24, 2.45) is 5.73 Å². The van der Waals surface area contributed by atoms with Crippen molar-refractivity contribution in [1.82, 2.24) is 4.98 Å². The number of likely N-dealkylation sites (N-methyl/N-ethyl adjacent to an activating group) is 1. The van der Waals surface area contributed by atoms with E-state index < -0.39 is 5.91 Å². The van der Waals surface area contributed by atoms with Crippen LogP contribution in [0.15, 0.2) is 18.3 Å². The first-order chi connectivity index (χ1) is 7.17. The molecule has 0 fully saturated rings. The Bertz CT molecular complexity index is 397. The van der Waals surface area contributed by atoms with Crippen LogP contribution < -0.4 is 10.6 Å². The van der Waals surface area contributed by atoms with Crippen molar-refractivity contribution in [1.29, 1.82) is 5.26 Å². The van der Waals surface area contributed by atoms with Gasteiger partial charge in [-0.05, 0) is 19.1 Å². The summed E-state index contributed by atoms with van der Waals surface area (Å²) in [4.78, 5) is 16.4. The summed E-state index contributed by atoms with van der Waals surface area (Å²) in [5.41, 5.74) is 6.23. The number of aromatic nitrogens is 1. The van der Waals surface area contributed by atoms with Crippen LogP contribution in [0.25, 0.3) is 0 Å². The molecule has 1 aromatic rings. The lowest BCUT2D eigenvalue weighted by Gasteiger charge is -2.20. The number of nitrogens with zero attached hydrogens (tertiary/aromatic N) is 3. The van der Waals surface area contributed by atoms with E-state index in [-0.39, 0.29) is 6.54 Å². The maximum Gasteiger partial charge on any atom is 0.236 e. The first kappa shape index (κ1) is 11.0. The zero-order valence-electron chi connectivity index (χ0n) is 8.47.